The van der Waals surface area contributed by atoms with E-state index >= 15 is 4.39 Å². The van der Waals surface area contributed by atoms with E-state index in [9.17, 15) is 4.79 Å². The Morgan fingerprint density at radius 1 is 1.21 bits per heavy atom. The quantitative estimate of drug-likeness (QED) is 0.220. The molecule has 0 radical (unpaired) electrons. The number of thiophene rings is 1. The fraction of sp³-hybridized carbons (Fsp3) is 0.281. The topological polar surface area (TPSA) is 89.2 Å². The highest BCUT2D eigenvalue weighted by atomic mass is 32.1. The number of nitrogens with zero attached hydrogens (tertiary/aromatic N) is 4. The van der Waals surface area contributed by atoms with Crippen LogP contribution in [0.15, 0.2) is 77.0 Å². The molecule has 0 bridgehead atoms. The van der Waals surface area contributed by atoms with Crippen LogP contribution in [0.5, 0.6) is 0 Å². The van der Waals surface area contributed by atoms with E-state index in [1.807, 2.05) is 25.1 Å². The molecule has 0 aliphatic carbocycles. The van der Waals surface area contributed by atoms with Crippen molar-refractivity contribution in [2.45, 2.75) is 27.2 Å². The molecule has 0 spiro atoms. The van der Waals surface area contributed by atoms with Gasteiger partial charge >= 0.3 is 0 Å². The minimum atomic E-state index is -0.406. The van der Waals surface area contributed by atoms with Gasteiger partial charge in [-0.2, -0.15) is 5.10 Å². The number of H-pyrrole nitrogens is 1. The fourth-order valence-electron chi connectivity index (χ4n) is 4.85. The monoisotopic (exact) mass is 585 g/mol. The van der Waals surface area contributed by atoms with Gasteiger partial charge in [-0.25, -0.2) is 14.5 Å². The normalized spacial score (nSPS) is 15.7. The predicted molar refractivity (Wildman–Crippen MR) is 172 cm³/mol. The minimum Gasteiger partial charge on any atom is -0.375 e. The number of piperazine rings is 1. The molecule has 1 aliphatic heterocycles. The van der Waals surface area contributed by atoms with Crippen LogP contribution in [0.2, 0.25) is 0 Å². The third-order valence-electron chi connectivity index (χ3n) is 7.67. The zero-order chi connectivity index (χ0) is 30.0. The maximum absolute atomic E-state index is 15.1. The first-order valence-electron chi connectivity index (χ1n) is 13.9. The van der Waals surface area contributed by atoms with Crippen molar-refractivity contribution in [1.82, 2.24) is 25.0 Å². The summed E-state index contributed by atoms with van der Waals surface area (Å²) in [6.45, 7) is 12.9. The third-order valence-corrected chi connectivity index (χ3v) is 8.79. The number of benzene rings is 1. The van der Waals surface area contributed by atoms with Crippen molar-refractivity contribution in [3.8, 4) is 11.3 Å². The van der Waals surface area contributed by atoms with E-state index in [1.54, 1.807) is 18.3 Å². The Kier molecular flexibility index (Phi) is 8.56. The van der Waals surface area contributed by atoms with Crippen LogP contribution < -0.4 is 16.2 Å². The molecule has 1 saturated heterocycles. The average molecular weight is 586 g/mol. The van der Waals surface area contributed by atoms with Crippen molar-refractivity contribution in [3.63, 3.8) is 0 Å². The van der Waals surface area contributed by atoms with E-state index in [4.69, 9.17) is 0 Å². The molecule has 218 valence electrons. The van der Waals surface area contributed by atoms with Gasteiger partial charge in [0.15, 0.2) is 0 Å². The van der Waals surface area contributed by atoms with Crippen LogP contribution in [-0.2, 0) is 0 Å². The highest BCUT2D eigenvalue weighted by Crippen LogP contribution is 2.34. The summed E-state index contributed by atoms with van der Waals surface area (Å²) in [5.74, 6) is -0.406. The van der Waals surface area contributed by atoms with Crippen molar-refractivity contribution in [1.29, 1.82) is 0 Å². The van der Waals surface area contributed by atoms with E-state index in [0.717, 1.165) is 52.4 Å². The Morgan fingerprint density at radius 3 is 2.79 bits per heavy atom. The van der Waals surface area contributed by atoms with Crippen LogP contribution in [0.4, 0.5) is 15.8 Å². The van der Waals surface area contributed by atoms with Gasteiger partial charge in [-0.3, -0.25) is 9.69 Å². The van der Waals surface area contributed by atoms with E-state index in [2.05, 4.69) is 76.2 Å². The van der Waals surface area contributed by atoms with E-state index in [-0.39, 0.29) is 5.56 Å². The highest BCUT2D eigenvalue weighted by Gasteiger charge is 2.18. The van der Waals surface area contributed by atoms with Crippen molar-refractivity contribution in [2.24, 2.45) is 0 Å². The molecule has 3 N–H and O–H groups in total. The average Bonchev–Trinajstić information content (AvgIpc) is 3.42. The van der Waals surface area contributed by atoms with E-state index < -0.39 is 5.82 Å². The number of pyridine rings is 1. The molecule has 4 aromatic rings. The number of fused-ring (bicyclic) bond motifs is 1. The van der Waals surface area contributed by atoms with Gasteiger partial charge in [0.25, 0.3) is 5.56 Å². The second-order valence-electron chi connectivity index (χ2n) is 10.7. The van der Waals surface area contributed by atoms with Crippen LogP contribution in [0, 0.1) is 12.7 Å². The third kappa shape index (κ3) is 6.14. The van der Waals surface area contributed by atoms with Crippen LogP contribution in [0.1, 0.15) is 30.7 Å². The van der Waals surface area contributed by atoms with Crippen molar-refractivity contribution >= 4 is 38.6 Å². The lowest BCUT2D eigenvalue weighted by atomic mass is 10.0. The smallest absolute Gasteiger partial charge is 0.287 e. The number of halogens is 1. The van der Waals surface area contributed by atoms with Gasteiger partial charge in [-0.05, 0) is 69.3 Å². The lowest BCUT2D eigenvalue weighted by Crippen LogP contribution is -2.40. The van der Waals surface area contributed by atoms with Gasteiger partial charge in [0.1, 0.15) is 16.3 Å². The Labute approximate surface area is 249 Å². The van der Waals surface area contributed by atoms with Crippen LogP contribution in [0.25, 0.3) is 27.2 Å². The Balaban J connectivity index is 1.46. The van der Waals surface area contributed by atoms with Gasteiger partial charge in [0, 0.05) is 60.9 Å². The molecule has 0 saturated carbocycles. The number of hydrogen-bond donors (Lipinski definition) is 3. The van der Waals surface area contributed by atoms with E-state index in [0.29, 0.717) is 33.9 Å². The van der Waals surface area contributed by atoms with Crippen LogP contribution >= 0.6 is 11.3 Å². The summed E-state index contributed by atoms with van der Waals surface area (Å²) < 4.78 is 15.1. The SMILES string of the molecule is C=C(Nc1c(F)ccc(-c2cc(NC(/C=C3/CN(C)CCN3C)=C(C)CC)c(=O)[nH]n2)c1C)c1cc2cccnc2s1. The number of aromatic nitrogens is 3. The first-order valence-corrected chi connectivity index (χ1v) is 14.7. The highest BCUT2D eigenvalue weighted by molar-refractivity contribution is 7.19. The van der Waals surface area contributed by atoms with Gasteiger partial charge in [0.2, 0.25) is 0 Å². The molecule has 42 heavy (non-hydrogen) atoms. The van der Waals surface area contributed by atoms with Gasteiger partial charge < -0.3 is 15.5 Å². The summed E-state index contributed by atoms with van der Waals surface area (Å²) in [4.78, 5) is 23.6. The fourth-order valence-corrected chi connectivity index (χ4v) is 5.77. The molecule has 3 aromatic heterocycles. The maximum Gasteiger partial charge on any atom is 0.287 e. The summed E-state index contributed by atoms with van der Waals surface area (Å²) in [7, 11) is 4.19. The van der Waals surface area contributed by atoms with Crippen molar-refractivity contribution < 1.29 is 4.39 Å². The lowest BCUT2D eigenvalue weighted by molar-refractivity contribution is 0.229. The summed E-state index contributed by atoms with van der Waals surface area (Å²) in [5.41, 5.74) is 5.95. The number of hydrogen-bond acceptors (Lipinski definition) is 8. The molecule has 0 unspecified atom stereocenters. The summed E-state index contributed by atoms with van der Waals surface area (Å²) in [5, 5.41) is 14.5. The zero-order valence-corrected chi connectivity index (χ0v) is 25.5. The van der Waals surface area contributed by atoms with Crippen LogP contribution in [-0.4, -0.2) is 58.7 Å². The molecule has 5 rings (SSSR count). The zero-order valence-electron chi connectivity index (χ0n) is 24.6. The molecular formula is C32H36FN7OS. The van der Waals surface area contributed by atoms with Gasteiger partial charge in [0.05, 0.1) is 16.3 Å². The standard InChI is InChI=1S/C32H36FN7OS/c1-7-19(2)26(16-23-18-39(5)13-14-40(23)6)36-28-17-27(37-38-31(28)41)24-10-11-25(33)30(20(24)3)35-21(4)29-15-22-9-8-12-34-32(22)42-29/h8-12,15-17,35H,4,7,13-14,18H2,1-3,5-6H3,(H,36,37)(H,38,41)/b23-16-,26-19?. The summed E-state index contributed by atoms with van der Waals surface area (Å²) in [6, 6.07) is 10.7. The molecule has 1 aromatic carbocycles. The largest absolute Gasteiger partial charge is 0.375 e. The molecule has 0 amide bonds. The molecule has 4 heterocycles. The van der Waals surface area contributed by atoms with E-state index in [1.165, 1.54) is 23.1 Å². The molecule has 1 fully saturated rings. The first kappa shape index (κ1) is 29.2. The van der Waals surface area contributed by atoms with Crippen molar-refractivity contribution in [3.05, 3.63) is 98.8 Å². The molecule has 8 nitrogen and oxygen atoms in total. The predicted octanol–water partition coefficient (Wildman–Crippen LogP) is 6.43. The Bertz CT molecular complexity index is 1740. The number of allylic oxidation sites excluding steroid dienone is 2. The molecular weight excluding hydrogens is 549 g/mol. The summed E-state index contributed by atoms with van der Waals surface area (Å²) >= 11 is 1.49. The van der Waals surface area contributed by atoms with Gasteiger partial charge in [-0.1, -0.05) is 25.1 Å². The van der Waals surface area contributed by atoms with Gasteiger partial charge in [-0.15, -0.1) is 11.3 Å². The van der Waals surface area contributed by atoms with Crippen molar-refractivity contribution in [2.75, 3.05) is 44.4 Å². The minimum absolute atomic E-state index is 0.307. The number of nitrogens with one attached hydrogen (secondary N) is 3. The molecule has 0 atom stereocenters. The second kappa shape index (κ2) is 12.3. The number of likely N-dealkylation sites (N-methyl/N-ethyl adjacent to an activating group) is 2. The Hall–Kier alpha value is -4.28. The summed E-state index contributed by atoms with van der Waals surface area (Å²) in [6.07, 6.45) is 4.69. The number of aromatic amines is 1. The number of anilines is 2. The molecule has 10 heteroatoms. The molecule has 1 aliphatic rings. The first-order chi connectivity index (χ1) is 20.1. The second-order valence-corrected chi connectivity index (χ2v) is 11.7. The lowest BCUT2D eigenvalue weighted by Gasteiger charge is -2.34. The maximum atomic E-state index is 15.1. The number of rotatable bonds is 8. The van der Waals surface area contributed by atoms with Crippen LogP contribution in [0.3, 0.4) is 0 Å². The Morgan fingerprint density at radius 2 is 2.02 bits per heavy atom.